The van der Waals surface area contributed by atoms with E-state index >= 15 is 0 Å². The van der Waals surface area contributed by atoms with Gasteiger partial charge < -0.3 is 4.90 Å². The van der Waals surface area contributed by atoms with Gasteiger partial charge in [0.05, 0.1) is 12.0 Å². The summed E-state index contributed by atoms with van der Waals surface area (Å²) in [5.41, 5.74) is 6.15. The Morgan fingerprint density at radius 1 is 0.867 bits per heavy atom. The highest BCUT2D eigenvalue weighted by molar-refractivity contribution is 6.04. The van der Waals surface area contributed by atoms with Crippen molar-refractivity contribution in [1.82, 2.24) is 0 Å². The Bertz CT molecular complexity index is 1080. The van der Waals surface area contributed by atoms with E-state index in [1.165, 1.54) is 5.56 Å². The van der Waals surface area contributed by atoms with Crippen molar-refractivity contribution in [3.05, 3.63) is 101 Å². The van der Waals surface area contributed by atoms with Gasteiger partial charge in [0.15, 0.2) is 5.78 Å². The third-order valence-electron chi connectivity index (χ3n) is 6.03. The number of carbonyl (C=O) groups is 2. The lowest BCUT2D eigenvalue weighted by Crippen LogP contribution is -2.55. The second-order valence-electron chi connectivity index (χ2n) is 8.29. The Morgan fingerprint density at radius 2 is 1.60 bits per heavy atom. The van der Waals surface area contributed by atoms with E-state index in [2.05, 4.69) is 31.2 Å². The predicted molar refractivity (Wildman–Crippen MR) is 121 cm³/mol. The maximum atomic E-state index is 13.2. The SMILES string of the molecule is Cc1ccc([C@@H]2[C@@H](CCC(=O)c3cccc(C)c3)C(=O)N2c2ccccc2C)cc1. The second-order valence-corrected chi connectivity index (χ2v) is 8.29. The first-order valence-electron chi connectivity index (χ1n) is 10.5. The molecule has 30 heavy (non-hydrogen) atoms. The quantitative estimate of drug-likeness (QED) is 0.379. The van der Waals surface area contributed by atoms with Gasteiger partial charge in [0, 0.05) is 17.7 Å². The number of hydrogen-bond donors (Lipinski definition) is 0. The van der Waals surface area contributed by atoms with Crippen LogP contribution in [0, 0.1) is 26.7 Å². The number of ketones is 1. The summed E-state index contributed by atoms with van der Waals surface area (Å²) in [6.45, 7) is 6.08. The van der Waals surface area contributed by atoms with Gasteiger partial charge >= 0.3 is 0 Å². The zero-order valence-corrected chi connectivity index (χ0v) is 17.8. The zero-order valence-electron chi connectivity index (χ0n) is 17.8. The maximum Gasteiger partial charge on any atom is 0.233 e. The summed E-state index contributed by atoms with van der Waals surface area (Å²) in [5, 5.41) is 0. The molecule has 0 aliphatic carbocycles. The number of carbonyl (C=O) groups excluding carboxylic acids is 2. The Kier molecular flexibility index (Phi) is 5.54. The zero-order chi connectivity index (χ0) is 21.3. The first-order chi connectivity index (χ1) is 14.5. The summed E-state index contributed by atoms with van der Waals surface area (Å²) in [7, 11) is 0. The van der Waals surface area contributed by atoms with Gasteiger partial charge in [0.2, 0.25) is 5.91 Å². The molecule has 3 aromatic carbocycles. The smallest absolute Gasteiger partial charge is 0.233 e. The molecular formula is C27H27NO2. The number of para-hydroxylation sites is 1. The van der Waals surface area contributed by atoms with Crippen molar-refractivity contribution in [2.75, 3.05) is 4.90 Å². The summed E-state index contributed by atoms with van der Waals surface area (Å²) in [6, 6.07) is 24.0. The van der Waals surface area contributed by atoms with E-state index in [1.807, 2.05) is 67.3 Å². The van der Waals surface area contributed by atoms with Crippen LogP contribution in [0.2, 0.25) is 0 Å². The minimum Gasteiger partial charge on any atom is -0.304 e. The average molecular weight is 398 g/mol. The number of rotatable bonds is 6. The van der Waals surface area contributed by atoms with Crippen molar-refractivity contribution in [1.29, 1.82) is 0 Å². The number of amides is 1. The van der Waals surface area contributed by atoms with Crippen LogP contribution in [0.4, 0.5) is 5.69 Å². The van der Waals surface area contributed by atoms with E-state index in [-0.39, 0.29) is 23.7 Å². The Balaban J connectivity index is 1.58. The molecule has 1 aliphatic rings. The molecule has 1 amide bonds. The average Bonchev–Trinajstić information content (AvgIpc) is 2.74. The number of nitrogens with zero attached hydrogens (tertiary/aromatic N) is 1. The second kappa shape index (κ2) is 8.27. The molecule has 0 saturated carbocycles. The lowest BCUT2D eigenvalue weighted by atomic mass is 9.78. The highest BCUT2D eigenvalue weighted by Gasteiger charge is 2.48. The van der Waals surface area contributed by atoms with Crippen LogP contribution in [-0.2, 0) is 4.79 Å². The Hall–Kier alpha value is -3.20. The molecule has 1 aliphatic heterocycles. The van der Waals surface area contributed by atoms with Gasteiger partial charge in [-0.05, 0) is 50.5 Å². The van der Waals surface area contributed by atoms with Crippen LogP contribution in [0.25, 0.3) is 0 Å². The van der Waals surface area contributed by atoms with Gasteiger partial charge in [-0.25, -0.2) is 0 Å². The number of Topliss-reactive ketones (excluding diaryl/α,β-unsaturated/α-hetero) is 1. The van der Waals surface area contributed by atoms with E-state index in [0.717, 1.165) is 27.9 Å². The fourth-order valence-corrected chi connectivity index (χ4v) is 4.33. The van der Waals surface area contributed by atoms with Crippen molar-refractivity contribution < 1.29 is 9.59 Å². The van der Waals surface area contributed by atoms with Crippen LogP contribution >= 0.6 is 0 Å². The number of aryl methyl sites for hydroxylation is 3. The molecule has 1 saturated heterocycles. The summed E-state index contributed by atoms with van der Waals surface area (Å²) in [4.78, 5) is 27.8. The molecule has 2 atom stereocenters. The van der Waals surface area contributed by atoms with Crippen LogP contribution in [0.1, 0.15) is 51.5 Å². The Morgan fingerprint density at radius 3 is 2.30 bits per heavy atom. The van der Waals surface area contributed by atoms with Crippen molar-refractivity contribution in [3.8, 4) is 0 Å². The van der Waals surface area contributed by atoms with Gasteiger partial charge in [-0.1, -0.05) is 71.8 Å². The lowest BCUT2D eigenvalue weighted by Gasteiger charge is -2.48. The number of anilines is 1. The van der Waals surface area contributed by atoms with Gasteiger partial charge in [-0.15, -0.1) is 0 Å². The number of β-lactam (4-membered cyclic amide) rings is 1. The molecule has 0 radical (unpaired) electrons. The van der Waals surface area contributed by atoms with Gasteiger partial charge in [0.1, 0.15) is 0 Å². The minimum atomic E-state index is -0.180. The third-order valence-corrected chi connectivity index (χ3v) is 6.03. The van der Waals surface area contributed by atoms with Crippen LogP contribution in [0.3, 0.4) is 0 Å². The van der Waals surface area contributed by atoms with Crippen LogP contribution in [-0.4, -0.2) is 11.7 Å². The normalized spacial score (nSPS) is 18.2. The van der Waals surface area contributed by atoms with Gasteiger partial charge in [-0.2, -0.15) is 0 Å². The van der Waals surface area contributed by atoms with Crippen LogP contribution in [0.5, 0.6) is 0 Å². The van der Waals surface area contributed by atoms with Gasteiger partial charge in [-0.3, -0.25) is 9.59 Å². The topological polar surface area (TPSA) is 37.4 Å². The summed E-state index contributed by atoms with van der Waals surface area (Å²) in [6.07, 6.45) is 0.941. The number of hydrogen-bond acceptors (Lipinski definition) is 2. The molecular weight excluding hydrogens is 370 g/mol. The van der Waals surface area contributed by atoms with E-state index in [1.54, 1.807) is 0 Å². The first-order valence-corrected chi connectivity index (χ1v) is 10.5. The highest BCUT2D eigenvalue weighted by Crippen LogP contribution is 2.46. The minimum absolute atomic E-state index is 0.0375. The van der Waals surface area contributed by atoms with Crippen molar-refractivity contribution in [2.45, 2.75) is 39.7 Å². The fraction of sp³-hybridized carbons (Fsp3) is 0.259. The Labute approximate surface area is 178 Å². The molecule has 0 spiro atoms. The molecule has 3 nitrogen and oxygen atoms in total. The molecule has 0 aromatic heterocycles. The van der Waals surface area contributed by atoms with Gasteiger partial charge in [0.25, 0.3) is 0 Å². The van der Waals surface area contributed by atoms with Crippen molar-refractivity contribution >= 4 is 17.4 Å². The predicted octanol–water partition coefficient (Wildman–Crippen LogP) is 5.98. The van der Waals surface area contributed by atoms with Crippen molar-refractivity contribution in [2.24, 2.45) is 5.92 Å². The van der Waals surface area contributed by atoms with E-state index in [9.17, 15) is 9.59 Å². The largest absolute Gasteiger partial charge is 0.304 e. The highest BCUT2D eigenvalue weighted by atomic mass is 16.2. The summed E-state index contributed by atoms with van der Waals surface area (Å²) < 4.78 is 0. The molecule has 3 aromatic rings. The van der Waals surface area contributed by atoms with E-state index < -0.39 is 0 Å². The first kappa shape index (κ1) is 20.1. The molecule has 3 heteroatoms. The van der Waals surface area contributed by atoms with Crippen LogP contribution < -0.4 is 4.90 Å². The maximum absolute atomic E-state index is 13.2. The van der Waals surface area contributed by atoms with E-state index in [4.69, 9.17) is 0 Å². The fourth-order valence-electron chi connectivity index (χ4n) is 4.33. The lowest BCUT2D eigenvalue weighted by molar-refractivity contribution is -0.130. The molecule has 152 valence electrons. The molecule has 1 fully saturated rings. The monoisotopic (exact) mass is 397 g/mol. The summed E-state index contributed by atoms with van der Waals surface area (Å²) in [5.74, 6) is 0.0245. The van der Waals surface area contributed by atoms with Crippen molar-refractivity contribution in [3.63, 3.8) is 0 Å². The molecule has 1 heterocycles. The molecule has 0 N–H and O–H groups in total. The third kappa shape index (κ3) is 3.80. The van der Waals surface area contributed by atoms with E-state index in [0.29, 0.717) is 12.8 Å². The van der Waals surface area contributed by atoms with Crippen LogP contribution in [0.15, 0.2) is 72.8 Å². The summed E-state index contributed by atoms with van der Waals surface area (Å²) >= 11 is 0. The molecule has 4 rings (SSSR count). The molecule has 0 bridgehead atoms. The standard InChI is InChI=1S/C27H27NO2/c1-18-11-13-21(14-12-18)26-23(15-16-25(29)22-9-6-7-19(2)17-22)27(30)28(26)24-10-5-4-8-20(24)3/h4-14,17,23,26H,15-16H2,1-3H3/t23-,26-/m1/s1. The number of benzene rings is 3. The molecule has 0 unspecified atom stereocenters.